The number of terminal acetylenes is 1. The Bertz CT molecular complexity index is 274. The van der Waals surface area contributed by atoms with Crippen LogP contribution in [0.4, 0.5) is 0 Å². The third-order valence-corrected chi connectivity index (χ3v) is 4.08. The smallest absolute Gasteiger partial charge is 0.0898 e. The van der Waals surface area contributed by atoms with E-state index in [9.17, 15) is 5.11 Å². The predicted molar refractivity (Wildman–Crippen MR) is 78.9 cm³/mol. The molecule has 4 unspecified atom stereocenters. The van der Waals surface area contributed by atoms with Crippen molar-refractivity contribution in [3.63, 3.8) is 0 Å². The Balaban J connectivity index is 2.21. The van der Waals surface area contributed by atoms with Gasteiger partial charge in [-0.05, 0) is 25.2 Å². The lowest BCUT2D eigenvalue weighted by Gasteiger charge is -2.31. The number of nitrogens with one attached hydrogen (secondary N) is 1. The van der Waals surface area contributed by atoms with Crippen LogP contribution in [-0.2, 0) is 4.74 Å². The maximum absolute atomic E-state index is 9.92. The average molecular weight is 267 g/mol. The maximum atomic E-state index is 9.92. The van der Waals surface area contributed by atoms with Crippen LogP contribution in [0.15, 0.2) is 0 Å². The zero-order chi connectivity index (χ0) is 14.1. The number of hydrogen-bond acceptors (Lipinski definition) is 3. The molecule has 0 saturated heterocycles. The lowest BCUT2D eigenvalue weighted by Crippen LogP contribution is -2.38. The zero-order valence-corrected chi connectivity index (χ0v) is 12.4. The summed E-state index contributed by atoms with van der Waals surface area (Å²) in [4.78, 5) is 0. The quantitative estimate of drug-likeness (QED) is 0.663. The predicted octanol–water partition coefficient (Wildman–Crippen LogP) is 2.33. The van der Waals surface area contributed by atoms with Crippen LogP contribution in [0, 0.1) is 18.3 Å². The summed E-state index contributed by atoms with van der Waals surface area (Å²) in [5.74, 6) is 3.34. The minimum Gasteiger partial charge on any atom is -0.389 e. The molecule has 1 saturated carbocycles. The summed E-state index contributed by atoms with van der Waals surface area (Å²) < 4.78 is 5.91. The van der Waals surface area contributed by atoms with E-state index in [-0.39, 0.29) is 6.04 Å². The van der Waals surface area contributed by atoms with Gasteiger partial charge in [-0.15, -0.1) is 6.42 Å². The Kier molecular flexibility index (Phi) is 8.13. The number of hydrogen-bond donors (Lipinski definition) is 2. The first-order chi connectivity index (χ1) is 9.21. The normalized spacial score (nSPS) is 26.6. The van der Waals surface area contributed by atoms with Gasteiger partial charge < -0.3 is 15.2 Å². The molecule has 3 heteroatoms. The molecule has 4 atom stereocenters. The van der Waals surface area contributed by atoms with Gasteiger partial charge in [0, 0.05) is 6.54 Å². The summed E-state index contributed by atoms with van der Waals surface area (Å²) in [5, 5.41) is 13.1. The molecule has 0 aliphatic heterocycles. The standard InChI is InChI=1S/C16H29NO2/c1-4-13-9-7-8-10-16(13)19-12-15(18)11-17-14(5-2)6-3/h2,13-18H,4,6-12H2,1,3H3. The minimum atomic E-state index is -0.471. The van der Waals surface area contributed by atoms with Gasteiger partial charge in [-0.25, -0.2) is 0 Å². The van der Waals surface area contributed by atoms with E-state index in [1.54, 1.807) is 0 Å². The van der Waals surface area contributed by atoms with Crippen molar-refractivity contribution in [2.24, 2.45) is 5.92 Å². The fourth-order valence-corrected chi connectivity index (χ4v) is 2.75. The van der Waals surface area contributed by atoms with E-state index in [0.717, 1.165) is 12.8 Å². The van der Waals surface area contributed by atoms with Crippen molar-refractivity contribution in [2.75, 3.05) is 13.2 Å². The molecule has 2 N–H and O–H groups in total. The van der Waals surface area contributed by atoms with Crippen LogP contribution in [-0.4, -0.2) is 36.5 Å². The van der Waals surface area contributed by atoms with Crippen LogP contribution in [0.2, 0.25) is 0 Å². The Hall–Kier alpha value is -0.560. The lowest BCUT2D eigenvalue weighted by atomic mass is 9.85. The number of ether oxygens (including phenoxy) is 1. The van der Waals surface area contributed by atoms with Crippen molar-refractivity contribution in [1.29, 1.82) is 0 Å². The first-order valence-electron chi connectivity index (χ1n) is 7.70. The molecule has 0 aromatic rings. The van der Waals surface area contributed by atoms with Gasteiger partial charge in [0.15, 0.2) is 0 Å². The molecule has 19 heavy (non-hydrogen) atoms. The molecule has 110 valence electrons. The van der Waals surface area contributed by atoms with Crippen molar-refractivity contribution in [1.82, 2.24) is 5.32 Å². The highest BCUT2D eigenvalue weighted by Crippen LogP contribution is 2.29. The molecule has 3 nitrogen and oxygen atoms in total. The highest BCUT2D eigenvalue weighted by Gasteiger charge is 2.24. The Morgan fingerprint density at radius 2 is 2.11 bits per heavy atom. The van der Waals surface area contributed by atoms with E-state index in [1.165, 1.54) is 25.7 Å². The second-order valence-electron chi connectivity index (χ2n) is 5.51. The first-order valence-corrected chi connectivity index (χ1v) is 7.70. The third kappa shape index (κ3) is 5.95. The van der Waals surface area contributed by atoms with Crippen LogP contribution < -0.4 is 5.32 Å². The molecule has 0 spiro atoms. The van der Waals surface area contributed by atoms with Crippen LogP contribution in [0.25, 0.3) is 0 Å². The Labute approximate surface area is 118 Å². The molecule has 1 aliphatic rings. The second kappa shape index (κ2) is 9.36. The lowest BCUT2D eigenvalue weighted by molar-refractivity contribution is -0.0501. The monoisotopic (exact) mass is 267 g/mol. The van der Waals surface area contributed by atoms with Crippen molar-refractivity contribution < 1.29 is 9.84 Å². The topological polar surface area (TPSA) is 41.5 Å². The molecule has 1 fully saturated rings. The van der Waals surface area contributed by atoms with Crippen LogP contribution in [0.1, 0.15) is 52.4 Å². The molecule has 0 aromatic heterocycles. The van der Waals surface area contributed by atoms with Gasteiger partial charge >= 0.3 is 0 Å². The molecule has 0 aromatic carbocycles. The summed E-state index contributed by atoms with van der Waals surface area (Å²) in [5.41, 5.74) is 0. The van der Waals surface area contributed by atoms with Crippen LogP contribution >= 0.6 is 0 Å². The largest absolute Gasteiger partial charge is 0.389 e. The summed E-state index contributed by atoms with van der Waals surface area (Å²) in [6.45, 7) is 5.18. The molecule has 0 amide bonds. The van der Waals surface area contributed by atoms with E-state index >= 15 is 0 Å². The van der Waals surface area contributed by atoms with Crippen molar-refractivity contribution in [3.05, 3.63) is 0 Å². The van der Waals surface area contributed by atoms with E-state index in [4.69, 9.17) is 11.2 Å². The van der Waals surface area contributed by atoms with Gasteiger partial charge in [-0.2, -0.15) is 0 Å². The van der Waals surface area contributed by atoms with E-state index in [1.807, 2.05) is 6.92 Å². The van der Waals surface area contributed by atoms with Gasteiger partial charge in [-0.3, -0.25) is 0 Å². The SMILES string of the molecule is C#CC(CC)NCC(O)COC1CCCCC1CC. The van der Waals surface area contributed by atoms with Gasteiger partial charge in [0.25, 0.3) is 0 Å². The van der Waals surface area contributed by atoms with E-state index < -0.39 is 6.10 Å². The number of aliphatic hydroxyl groups excluding tert-OH is 1. The Morgan fingerprint density at radius 3 is 2.74 bits per heavy atom. The second-order valence-corrected chi connectivity index (χ2v) is 5.51. The van der Waals surface area contributed by atoms with Gasteiger partial charge in [0.2, 0.25) is 0 Å². The van der Waals surface area contributed by atoms with E-state index in [2.05, 4.69) is 18.2 Å². The molecule has 0 radical (unpaired) electrons. The molecule has 0 bridgehead atoms. The Morgan fingerprint density at radius 1 is 1.37 bits per heavy atom. The maximum Gasteiger partial charge on any atom is 0.0898 e. The fraction of sp³-hybridized carbons (Fsp3) is 0.875. The number of aliphatic hydroxyl groups is 1. The number of rotatable bonds is 8. The molecule has 1 aliphatic carbocycles. The van der Waals surface area contributed by atoms with Crippen LogP contribution in [0.5, 0.6) is 0 Å². The summed E-state index contributed by atoms with van der Waals surface area (Å²) in [6, 6.07) is 0.0488. The highest BCUT2D eigenvalue weighted by atomic mass is 16.5. The van der Waals surface area contributed by atoms with Crippen molar-refractivity contribution in [2.45, 2.75) is 70.6 Å². The molecular weight excluding hydrogens is 238 g/mol. The van der Waals surface area contributed by atoms with Crippen LogP contribution in [0.3, 0.4) is 0 Å². The first kappa shape index (κ1) is 16.5. The third-order valence-electron chi connectivity index (χ3n) is 4.08. The van der Waals surface area contributed by atoms with E-state index in [0.29, 0.717) is 25.2 Å². The average Bonchev–Trinajstić information content (AvgIpc) is 2.46. The fourth-order valence-electron chi connectivity index (χ4n) is 2.75. The summed E-state index contributed by atoms with van der Waals surface area (Å²) >= 11 is 0. The highest BCUT2D eigenvalue weighted by molar-refractivity contribution is 4.98. The molecule has 0 heterocycles. The van der Waals surface area contributed by atoms with Crippen molar-refractivity contribution in [3.8, 4) is 12.3 Å². The summed E-state index contributed by atoms with van der Waals surface area (Å²) in [6.07, 6.45) is 12.3. The molecule has 1 rings (SSSR count). The zero-order valence-electron chi connectivity index (χ0n) is 12.4. The van der Waals surface area contributed by atoms with Gasteiger partial charge in [-0.1, -0.05) is 39.0 Å². The summed E-state index contributed by atoms with van der Waals surface area (Å²) in [7, 11) is 0. The minimum absolute atomic E-state index is 0.0488. The molecular formula is C16H29NO2. The van der Waals surface area contributed by atoms with Crippen molar-refractivity contribution >= 4 is 0 Å². The van der Waals surface area contributed by atoms with Gasteiger partial charge in [0.05, 0.1) is 24.9 Å². The van der Waals surface area contributed by atoms with Gasteiger partial charge in [0.1, 0.15) is 0 Å².